The van der Waals surface area contributed by atoms with Crippen LogP contribution in [0.1, 0.15) is 33.6 Å². The van der Waals surface area contributed by atoms with E-state index in [9.17, 15) is 4.79 Å². The van der Waals surface area contributed by atoms with Crippen LogP contribution in [0.5, 0.6) is 0 Å². The van der Waals surface area contributed by atoms with Crippen LogP contribution in [0.15, 0.2) is 24.4 Å². The zero-order valence-corrected chi connectivity index (χ0v) is 11.9. The van der Waals surface area contributed by atoms with E-state index in [2.05, 4.69) is 15.5 Å². The summed E-state index contributed by atoms with van der Waals surface area (Å²) in [6, 6.07) is 5.49. The smallest absolute Gasteiger partial charge is 0.253 e. The molecule has 0 bridgehead atoms. The molecule has 0 fully saturated rings. The number of hydrogen-bond donors (Lipinski definition) is 3. The number of H-pyrrole nitrogens is 1. The molecule has 0 unspecified atom stereocenters. The normalized spacial score (nSPS) is 10.5. The minimum Gasteiger partial charge on any atom is -0.398 e. The number of carbonyl (C=O) groups is 1. The van der Waals surface area contributed by atoms with Gasteiger partial charge in [-0.05, 0) is 43.9 Å². The summed E-state index contributed by atoms with van der Waals surface area (Å²) in [5.41, 5.74) is 10.1. The van der Waals surface area contributed by atoms with Gasteiger partial charge in [0.05, 0.1) is 11.8 Å². The third-order valence-corrected chi connectivity index (χ3v) is 3.37. The molecule has 0 saturated heterocycles. The summed E-state index contributed by atoms with van der Waals surface area (Å²) in [5, 5.41) is 9.80. The van der Waals surface area contributed by atoms with Gasteiger partial charge in [0.15, 0.2) is 0 Å². The third kappa shape index (κ3) is 3.17. The van der Waals surface area contributed by atoms with Crippen molar-refractivity contribution in [2.45, 2.75) is 26.7 Å². The van der Waals surface area contributed by atoms with Gasteiger partial charge in [-0.15, -0.1) is 0 Å². The van der Waals surface area contributed by atoms with Gasteiger partial charge in [0.1, 0.15) is 0 Å². The first-order valence-electron chi connectivity index (χ1n) is 6.71. The average Bonchev–Trinajstić information content (AvgIpc) is 2.80. The molecule has 1 aromatic heterocycles. The fourth-order valence-corrected chi connectivity index (χ4v) is 2.20. The van der Waals surface area contributed by atoms with E-state index in [0.29, 0.717) is 17.8 Å². The van der Waals surface area contributed by atoms with E-state index in [1.807, 2.05) is 32.2 Å². The van der Waals surface area contributed by atoms with Crippen molar-refractivity contribution in [2.24, 2.45) is 0 Å². The van der Waals surface area contributed by atoms with E-state index in [1.165, 1.54) is 5.56 Å². The molecular weight excluding hydrogens is 252 g/mol. The Bertz CT molecular complexity index is 583. The molecule has 0 spiro atoms. The predicted octanol–water partition coefficient (Wildman–Crippen LogP) is 1.97. The molecule has 1 heterocycles. The van der Waals surface area contributed by atoms with Crippen LogP contribution in [0.2, 0.25) is 0 Å². The quantitative estimate of drug-likeness (QED) is 0.574. The minimum absolute atomic E-state index is 0.107. The fraction of sp³-hybridized carbons (Fsp3) is 0.333. The molecule has 2 aromatic rings. The van der Waals surface area contributed by atoms with Crippen molar-refractivity contribution in [1.82, 2.24) is 15.5 Å². The number of nitrogens with two attached hydrogens (primary N) is 1. The van der Waals surface area contributed by atoms with E-state index in [4.69, 9.17) is 5.73 Å². The number of amides is 1. The fourth-order valence-electron chi connectivity index (χ4n) is 2.20. The van der Waals surface area contributed by atoms with Gasteiger partial charge in [0.2, 0.25) is 0 Å². The Morgan fingerprint density at radius 1 is 1.40 bits per heavy atom. The number of aryl methyl sites for hydroxylation is 3. The first-order valence-corrected chi connectivity index (χ1v) is 6.71. The molecule has 2 rings (SSSR count). The lowest BCUT2D eigenvalue weighted by atomic mass is 10.1. The summed E-state index contributed by atoms with van der Waals surface area (Å²) in [5.74, 6) is -0.107. The second-order valence-corrected chi connectivity index (χ2v) is 4.92. The lowest BCUT2D eigenvalue weighted by Gasteiger charge is -2.10. The molecule has 0 saturated carbocycles. The summed E-state index contributed by atoms with van der Waals surface area (Å²) in [7, 11) is 0. The van der Waals surface area contributed by atoms with Crippen LogP contribution in [0.4, 0.5) is 5.69 Å². The number of nitrogen functional groups attached to an aromatic ring is 1. The minimum atomic E-state index is -0.107. The number of benzene rings is 1. The Morgan fingerprint density at radius 3 is 2.85 bits per heavy atom. The summed E-state index contributed by atoms with van der Waals surface area (Å²) in [4.78, 5) is 12.1. The second-order valence-electron chi connectivity index (χ2n) is 4.92. The predicted molar refractivity (Wildman–Crippen MR) is 79.6 cm³/mol. The number of aromatic amines is 1. The molecule has 4 N–H and O–H groups in total. The van der Waals surface area contributed by atoms with Gasteiger partial charge in [-0.2, -0.15) is 5.10 Å². The highest BCUT2D eigenvalue weighted by atomic mass is 16.1. The molecule has 5 heteroatoms. The van der Waals surface area contributed by atoms with Crippen molar-refractivity contribution in [3.05, 3.63) is 46.8 Å². The Labute approximate surface area is 118 Å². The van der Waals surface area contributed by atoms with Gasteiger partial charge in [0, 0.05) is 17.9 Å². The molecule has 20 heavy (non-hydrogen) atoms. The maximum atomic E-state index is 12.1. The van der Waals surface area contributed by atoms with Crippen molar-refractivity contribution < 1.29 is 4.79 Å². The van der Waals surface area contributed by atoms with E-state index in [1.54, 1.807) is 6.07 Å². The molecule has 1 aromatic carbocycles. The number of nitrogens with one attached hydrogen (secondary N) is 2. The molecule has 0 atom stereocenters. The maximum Gasteiger partial charge on any atom is 0.253 e. The molecule has 0 aliphatic carbocycles. The van der Waals surface area contributed by atoms with Crippen molar-refractivity contribution >= 4 is 11.6 Å². The van der Waals surface area contributed by atoms with Crippen LogP contribution in [0.3, 0.4) is 0 Å². The largest absolute Gasteiger partial charge is 0.398 e. The van der Waals surface area contributed by atoms with Crippen molar-refractivity contribution in [3.63, 3.8) is 0 Å². The highest BCUT2D eigenvalue weighted by Gasteiger charge is 2.11. The van der Waals surface area contributed by atoms with Crippen LogP contribution in [0, 0.1) is 13.8 Å². The molecular formula is C15H20N4O. The van der Waals surface area contributed by atoms with Gasteiger partial charge < -0.3 is 11.1 Å². The zero-order valence-electron chi connectivity index (χ0n) is 11.9. The first-order chi connectivity index (χ1) is 9.59. The van der Waals surface area contributed by atoms with Gasteiger partial charge in [-0.25, -0.2) is 0 Å². The molecule has 0 aliphatic heterocycles. The van der Waals surface area contributed by atoms with E-state index >= 15 is 0 Å². The van der Waals surface area contributed by atoms with E-state index < -0.39 is 0 Å². The topological polar surface area (TPSA) is 83.8 Å². The maximum absolute atomic E-state index is 12.1. The standard InChI is InChI=1S/C15H20N4O/c1-10-5-3-7-13(16)14(10)15(20)17-8-4-6-12-9-18-19-11(12)2/h3,5,7,9H,4,6,8,16H2,1-2H3,(H,17,20)(H,18,19). The number of hydrogen-bond acceptors (Lipinski definition) is 3. The Morgan fingerprint density at radius 2 is 2.20 bits per heavy atom. The summed E-state index contributed by atoms with van der Waals surface area (Å²) < 4.78 is 0. The van der Waals surface area contributed by atoms with Crippen molar-refractivity contribution in [2.75, 3.05) is 12.3 Å². The Balaban J connectivity index is 1.85. The highest BCUT2D eigenvalue weighted by molar-refractivity contribution is 6.00. The van der Waals surface area contributed by atoms with Gasteiger partial charge >= 0.3 is 0 Å². The lowest BCUT2D eigenvalue weighted by molar-refractivity contribution is 0.0953. The van der Waals surface area contributed by atoms with Crippen LogP contribution in [-0.2, 0) is 6.42 Å². The number of aromatic nitrogens is 2. The first kappa shape index (κ1) is 14.1. The molecule has 0 radical (unpaired) electrons. The van der Waals surface area contributed by atoms with Crippen molar-refractivity contribution in [1.29, 1.82) is 0 Å². The SMILES string of the molecule is Cc1cccc(N)c1C(=O)NCCCc1cn[nH]c1C. The second kappa shape index (κ2) is 6.23. The summed E-state index contributed by atoms with van der Waals surface area (Å²) in [6.07, 6.45) is 3.60. The Hall–Kier alpha value is -2.30. The number of anilines is 1. The summed E-state index contributed by atoms with van der Waals surface area (Å²) in [6.45, 7) is 4.51. The number of carbonyl (C=O) groups excluding carboxylic acids is 1. The zero-order chi connectivity index (χ0) is 14.5. The number of rotatable bonds is 5. The molecule has 1 amide bonds. The van der Waals surface area contributed by atoms with Crippen LogP contribution in [0.25, 0.3) is 0 Å². The summed E-state index contributed by atoms with van der Waals surface area (Å²) >= 11 is 0. The van der Waals surface area contributed by atoms with Crippen molar-refractivity contribution in [3.8, 4) is 0 Å². The molecule has 0 aliphatic rings. The van der Waals surface area contributed by atoms with E-state index in [0.717, 1.165) is 24.1 Å². The van der Waals surface area contributed by atoms with Gasteiger partial charge in [0.25, 0.3) is 5.91 Å². The van der Waals surface area contributed by atoms with Gasteiger partial charge in [-0.3, -0.25) is 9.89 Å². The molecule has 106 valence electrons. The third-order valence-electron chi connectivity index (χ3n) is 3.37. The average molecular weight is 272 g/mol. The monoisotopic (exact) mass is 272 g/mol. The van der Waals surface area contributed by atoms with Crippen LogP contribution < -0.4 is 11.1 Å². The van der Waals surface area contributed by atoms with Crippen LogP contribution >= 0.6 is 0 Å². The van der Waals surface area contributed by atoms with Crippen LogP contribution in [-0.4, -0.2) is 22.6 Å². The van der Waals surface area contributed by atoms with Gasteiger partial charge in [-0.1, -0.05) is 12.1 Å². The molecule has 5 nitrogen and oxygen atoms in total. The Kier molecular flexibility index (Phi) is 4.40. The lowest BCUT2D eigenvalue weighted by Crippen LogP contribution is -2.26. The van der Waals surface area contributed by atoms with E-state index in [-0.39, 0.29) is 5.91 Å². The highest BCUT2D eigenvalue weighted by Crippen LogP contribution is 2.15. The number of nitrogens with zero attached hydrogens (tertiary/aromatic N) is 1.